The van der Waals surface area contributed by atoms with Crippen LogP contribution in [0.5, 0.6) is 0 Å². The van der Waals surface area contributed by atoms with Crippen molar-refractivity contribution in [2.45, 2.75) is 39.3 Å². The number of unbranched alkanes of at least 4 members (excludes halogenated alkanes) is 1. The summed E-state index contributed by atoms with van der Waals surface area (Å²) in [4.78, 5) is 27.3. The van der Waals surface area contributed by atoms with Crippen molar-refractivity contribution in [3.8, 4) is 0 Å². The van der Waals surface area contributed by atoms with Crippen LogP contribution in [0.15, 0.2) is 54.6 Å². The molecule has 2 aromatic rings. The average molecular weight is 464 g/mol. The summed E-state index contributed by atoms with van der Waals surface area (Å²) in [7, 11) is -3.96. The van der Waals surface area contributed by atoms with Crippen molar-refractivity contribution in [3.05, 3.63) is 66.0 Å². The third-order valence-electron chi connectivity index (χ3n) is 4.99. The Morgan fingerprint density at radius 1 is 1.06 bits per heavy atom. The van der Waals surface area contributed by atoms with E-state index in [1.54, 1.807) is 6.92 Å². The Kier molecular flexibility index (Phi) is 9.19. The number of hydrogen-bond acceptors (Lipinski definition) is 4. The van der Waals surface area contributed by atoms with Crippen molar-refractivity contribution >= 4 is 27.5 Å². The molecule has 0 aromatic heterocycles. The first-order chi connectivity index (χ1) is 15.1. The van der Waals surface area contributed by atoms with E-state index in [4.69, 9.17) is 0 Å². The SMILES string of the molecule is CCCCNC(=O)C(C)N(Cc1ccccc1)C(=O)CN(c1ccccc1F)S(C)(=O)=O. The molecule has 1 N–H and O–H groups in total. The van der Waals surface area contributed by atoms with Gasteiger partial charge in [-0.1, -0.05) is 55.8 Å². The highest BCUT2D eigenvalue weighted by atomic mass is 32.2. The number of para-hydroxylation sites is 1. The summed E-state index contributed by atoms with van der Waals surface area (Å²) in [6, 6.07) is 13.6. The second-order valence-electron chi connectivity index (χ2n) is 7.55. The lowest BCUT2D eigenvalue weighted by molar-refractivity contribution is -0.139. The molecule has 32 heavy (non-hydrogen) atoms. The number of rotatable bonds is 11. The lowest BCUT2D eigenvalue weighted by Crippen LogP contribution is -2.51. The van der Waals surface area contributed by atoms with Gasteiger partial charge in [-0.25, -0.2) is 12.8 Å². The summed E-state index contributed by atoms with van der Waals surface area (Å²) < 4.78 is 39.8. The molecule has 0 aliphatic heterocycles. The van der Waals surface area contributed by atoms with Gasteiger partial charge >= 0.3 is 0 Å². The minimum absolute atomic E-state index is 0.108. The van der Waals surface area contributed by atoms with E-state index in [0.717, 1.165) is 35.0 Å². The Balaban J connectivity index is 2.33. The molecule has 2 rings (SSSR count). The quantitative estimate of drug-likeness (QED) is 0.519. The van der Waals surface area contributed by atoms with Gasteiger partial charge in [-0.15, -0.1) is 0 Å². The molecule has 0 fully saturated rings. The third-order valence-corrected chi connectivity index (χ3v) is 6.12. The van der Waals surface area contributed by atoms with E-state index in [1.165, 1.54) is 23.1 Å². The van der Waals surface area contributed by atoms with Gasteiger partial charge in [0.15, 0.2) is 0 Å². The van der Waals surface area contributed by atoms with Crippen LogP contribution in [-0.4, -0.2) is 50.5 Å². The van der Waals surface area contributed by atoms with E-state index in [-0.39, 0.29) is 18.1 Å². The normalized spacial score (nSPS) is 12.1. The predicted octanol–water partition coefficient (Wildman–Crippen LogP) is 2.93. The van der Waals surface area contributed by atoms with E-state index in [0.29, 0.717) is 6.54 Å². The van der Waals surface area contributed by atoms with E-state index in [9.17, 15) is 22.4 Å². The van der Waals surface area contributed by atoms with Crippen LogP contribution in [0.4, 0.5) is 10.1 Å². The molecule has 1 unspecified atom stereocenters. The molecular weight excluding hydrogens is 433 g/mol. The number of halogens is 1. The van der Waals surface area contributed by atoms with E-state index in [1.807, 2.05) is 37.3 Å². The zero-order valence-electron chi connectivity index (χ0n) is 18.6. The molecule has 2 amide bonds. The Morgan fingerprint density at radius 2 is 1.69 bits per heavy atom. The Labute approximate surface area is 189 Å². The number of carbonyl (C=O) groups excluding carboxylic acids is 2. The summed E-state index contributed by atoms with van der Waals surface area (Å²) >= 11 is 0. The maximum Gasteiger partial charge on any atom is 0.244 e. The second kappa shape index (κ2) is 11.6. The zero-order valence-corrected chi connectivity index (χ0v) is 19.4. The molecular formula is C23H30FN3O4S. The predicted molar refractivity (Wildman–Crippen MR) is 123 cm³/mol. The molecule has 1 atom stereocenters. The van der Waals surface area contributed by atoms with Crippen molar-refractivity contribution in [3.63, 3.8) is 0 Å². The molecule has 0 saturated heterocycles. The maximum absolute atomic E-state index is 14.3. The number of hydrogen-bond donors (Lipinski definition) is 1. The highest BCUT2D eigenvalue weighted by molar-refractivity contribution is 7.92. The highest BCUT2D eigenvalue weighted by Crippen LogP contribution is 2.22. The fourth-order valence-corrected chi connectivity index (χ4v) is 4.00. The van der Waals surface area contributed by atoms with E-state index in [2.05, 4.69) is 5.32 Å². The van der Waals surface area contributed by atoms with Crippen molar-refractivity contribution in [1.82, 2.24) is 10.2 Å². The lowest BCUT2D eigenvalue weighted by Gasteiger charge is -2.31. The summed E-state index contributed by atoms with van der Waals surface area (Å²) in [5.41, 5.74) is 0.564. The Bertz CT molecular complexity index is 1010. The first-order valence-corrected chi connectivity index (χ1v) is 12.3. The fourth-order valence-electron chi connectivity index (χ4n) is 3.15. The molecule has 9 heteroatoms. The van der Waals surface area contributed by atoms with Gasteiger partial charge in [-0.3, -0.25) is 13.9 Å². The molecule has 0 spiro atoms. The van der Waals surface area contributed by atoms with Crippen LogP contribution in [0.2, 0.25) is 0 Å². The van der Waals surface area contributed by atoms with Crippen LogP contribution in [0.3, 0.4) is 0 Å². The lowest BCUT2D eigenvalue weighted by atomic mass is 10.1. The Hall–Kier alpha value is -2.94. The Morgan fingerprint density at radius 3 is 2.28 bits per heavy atom. The van der Waals surface area contributed by atoms with Crippen LogP contribution in [-0.2, 0) is 26.2 Å². The van der Waals surface area contributed by atoms with Gasteiger partial charge in [0, 0.05) is 13.1 Å². The van der Waals surface area contributed by atoms with E-state index >= 15 is 0 Å². The molecule has 2 aromatic carbocycles. The van der Waals surface area contributed by atoms with Crippen LogP contribution in [0.1, 0.15) is 32.3 Å². The minimum Gasteiger partial charge on any atom is -0.354 e. The van der Waals surface area contributed by atoms with Crippen LogP contribution in [0.25, 0.3) is 0 Å². The number of nitrogens with one attached hydrogen (secondary N) is 1. The molecule has 7 nitrogen and oxygen atoms in total. The first-order valence-electron chi connectivity index (χ1n) is 10.5. The van der Waals surface area contributed by atoms with Gasteiger partial charge in [-0.05, 0) is 31.0 Å². The van der Waals surface area contributed by atoms with Crippen LogP contribution >= 0.6 is 0 Å². The van der Waals surface area contributed by atoms with Gasteiger partial charge in [0.2, 0.25) is 21.8 Å². The molecule has 0 radical (unpaired) electrons. The summed E-state index contributed by atoms with van der Waals surface area (Å²) in [5, 5.41) is 2.80. The largest absolute Gasteiger partial charge is 0.354 e. The van der Waals surface area contributed by atoms with Crippen molar-refractivity contribution in [1.29, 1.82) is 0 Å². The highest BCUT2D eigenvalue weighted by Gasteiger charge is 2.30. The minimum atomic E-state index is -3.96. The van der Waals surface area contributed by atoms with Gasteiger partial charge in [0.1, 0.15) is 18.4 Å². The summed E-state index contributed by atoms with van der Waals surface area (Å²) in [5.74, 6) is -1.70. The van der Waals surface area contributed by atoms with Crippen LogP contribution in [0, 0.1) is 5.82 Å². The third kappa shape index (κ3) is 7.05. The van der Waals surface area contributed by atoms with Crippen molar-refractivity contribution in [2.75, 3.05) is 23.7 Å². The van der Waals surface area contributed by atoms with Gasteiger partial charge in [-0.2, -0.15) is 0 Å². The van der Waals surface area contributed by atoms with Crippen LogP contribution < -0.4 is 9.62 Å². The summed E-state index contributed by atoms with van der Waals surface area (Å²) in [6.07, 6.45) is 2.63. The summed E-state index contributed by atoms with van der Waals surface area (Å²) in [6.45, 7) is 3.56. The topological polar surface area (TPSA) is 86.8 Å². The van der Waals surface area contributed by atoms with Crippen molar-refractivity contribution < 1.29 is 22.4 Å². The van der Waals surface area contributed by atoms with Gasteiger partial charge in [0.05, 0.1) is 11.9 Å². The molecule has 0 saturated carbocycles. The number of sulfonamides is 1. The second-order valence-corrected chi connectivity index (χ2v) is 9.46. The van der Waals surface area contributed by atoms with Gasteiger partial charge < -0.3 is 10.2 Å². The number of benzene rings is 2. The zero-order chi connectivity index (χ0) is 23.7. The molecule has 0 heterocycles. The number of anilines is 1. The first kappa shape index (κ1) is 25.3. The molecule has 0 aliphatic rings. The van der Waals surface area contributed by atoms with E-state index < -0.39 is 34.3 Å². The average Bonchev–Trinajstić information content (AvgIpc) is 2.76. The monoisotopic (exact) mass is 463 g/mol. The number of carbonyl (C=O) groups is 2. The molecule has 174 valence electrons. The van der Waals surface area contributed by atoms with Gasteiger partial charge in [0.25, 0.3) is 0 Å². The standard InChI is InChI=1S/C23H30FN3O4S/c1-4-5-15-25-23(29)18(2)26(16-19-11-7-6-8-12-19)22(28)17-27(32(3,30)31)21-14-10-9-13-20(21)24/h6-14,18H,4-5,15-17H2,1-3H3,(H,25,29). The maximum atomic E-state index is 14.3. The molecule has 0 aliphatic carbocycles. The van der Waals surface area contributed by atoms with Crippen molar-refractivity contribution in [2.24, 2.45) is 0 Å². The number of amides is 2. The fraction of sp³-hybridized carbons (Fsp3) is 0.391. The molecule has 0 bridgehead atoms. The smallest absolute Gasteiger partial charge is 0.244 e. The number of nitrogens with zero attached hydrogens (tertiary/aromatic N) is 2.